The van der Waals surface area contributed by atoms with Crippen LogP contribution in [-0.4, -0.2) is 5.78 Å². The van der Waals surface area contributed by atoms with Crippen LogP contribution in [0.4, 0.5) is 0 Å². The molecule has 0 aromatic carbocycles. The predicted molar refractivity (Wildman–Crippen MR) is 55.5 cm³/mol. The van der Waals surface area contributed by atoms with Crippen LogP contribution in [0.1, 0.15) is 39.0 Å². The standard InChI is InChI=1S/C12H18O/c1-2-3-6-11-7-4-5-8-12(13)10-9-11/h4-5,9-11H,2-3,6-8H2,1H3/t11-/m1/s1. The second-order valence-electron chi connectivity index (χ2n) is 3.64. The van der Waals surface area contributed by atoms with Gasteiger partial charge in [-0.25, -0.2) is 0 Å². The van der Waals surface area contributed by atoms with Gasteiger partial charge in [-0.1, -0.05) is 38.0 Å². The van der Waals surface area contributed by atoms with Crippen molar-refractivity contribution in [3.05, 3.63) is 24.3 Å². The normalized spacial score (nSPS) is 22.8. The summed E-state index contributed by atoms with van der Waals surface area (Å²) in [6, 6.07) is 0. The smallest absolute Gasteiger partial charge is 0.159 e. The zero-order valence-electron chi connectivity index (χ0n) is 8.33. The summed E-state index contributed by atoms with van der Waals surface area (Å²) < 4.78 is 0. The van der Waals surface area contributed by atoms with Crippen LogP contribution in [0, 0.1) is 5.92 Å². The molecule has 0 heterocycles. The Balaban J connectivity index is 2.43. The molecule has 72 valence electrons. The number of allylic oxidation sites excluding steroid dienone is 4. The molecule has 0 bridgehead atoms. The average molecular weight is 178 g/mol. The van der Waals surface area contributed by atoms with Gasteiger partial charge in [-0.15, -0.1) is 0 Å². The van der Waals surface area contributed by atoms with E-state index in [9.17, 15) is 4.79 Å². The molecule has 1 nitrogen and oxygen atoms in total. The van der Waals surface area contributed by atoms with E-state index in [0.717, 1.165) is 6.42 Å². The minimum absolute atomic E-state index is 0.234. The summed E-state index contributed by atoms with van der Waals surface area (Å²) in [5.41, 5.74) is 0. The van der Waals surface area contributed by atoms with Crippen LogP contribution in [-0.2, 0) is 4.79 Å². The van der Waals surface area contributed by atoms with Crippen molar-refractivity contribution in [1.29, 1.82) is 0 Å². The number of hydrogen-bond acceptors (Lipinski definition) is 1. The van der Waals surface area contributed by atoms with E-state index in [4.69, 9.17) is 0 Å². The number of hydrogen-bond donors (Lipinski definition) is 0. The molecule has 0 radical (unpaired) electrons. The molecule has 0 saturated carbocycles. The second-order valence-corrected chi connectivity index (χ2v) is 3.64. The maximum atomic E-state index is 11.1. The van der Waals surface area contributed by atoms with E-state index in [-0.39, 0.29) is 5.78 Å². The van der Waals surface area contributed by atoms with Crippen molar-refractivity contribution in [1.82, 2.24) is 0 Å². The molecule has 0 aliphatic heterocycles. The lowest BCUT2D eigenvalue weighted by Gasteiger charge is -2.10. The van der Waals surface area contributed by atoms with E-state index < -0.39 is 0 Å². The van der Waals surface area contributed by atoms with Gasteiger partial charge in [0.1, 0.15) is 0 Å². The van der Waals surface area contributed by atoms with E-state index in [1.807, 2.05) is 6.08 Å². The first-order chi connectivity index (χ1) is 6.33. The van der Waals surface area contributed by atoms with E-state index in [1.165, 1.54) is 19.3 Å². The molecule has 0 aromatic rings. The van der Waals surface area contributed by atoms with E-state index in [2.05, 4.69) is 19.1 Å². The van der Waals surface area contributed by atoms with Crippen LogP contribution >= 0.6 is 0 Å². The van der Waals surface area contributed by atoms with Gasteiger partial charge in [0.25, 0.3) is 0 Å². The van der Waals surface area contributed by atoms with Crippen molar-refractivity contribution in [3.8, 4) is 0 Å². The highest BCUT2D eigenvalue weighted by molar-refractivity contribution is 5.90. The molecule has 0 fully saturated rings. The molecule has 0 aromatic heterocycles. The van der Waals surface area contributed by atoms with Gasteiger partial charge in [0.05, 0.1) is 0 Å². The first-order valence-electron chi connectivity index (χ1n) is 5.19. The molecule has 13 heavy (non-hydrogen) atoms. The summed E-state index contributed by atoms with van der Waals surface area (Å²) in [5.74, 6) is 0.817. The maximum Gasteiger partial charge on any atom is 0.159 e. The molecule has 1 rings (SSSR count). The van der Waals surface area contributed by atoms with Crippen molar-refractivity contribution in [2.24, 2.45) is 5.92 Å². The van der Waals surface area contributed by atoms with Gasteiger partial charge in [0.15, 0.2) is 5.78 Å². The van der Waals surface area contributed by atoms with Gasteiger partial charge in [0, 0.05) is 6.42 Å². The van der Waals surface area contributed by atoms with Gasteiger partial charge < -0.3 is 0 Å². The highest BCUT2D eigenvalue weighted by atomic mass is 16.1. The van der Waals surface area contributed by atoms with Gasteiger partial charge in [0.2, 0.25) is 0 Å². The fraction of sp³-hybridized carbons (Fsp3) is 0.583. The molecule has 0 unspecified atom stereocenters. The number of unbranched alkanes of at least 4 members (excludes halogenated alkanes) is 1. The highest BCUT2D eigenvalue weighted by Crippen LogP contribution is 2.16. The summed E-state index contributed by atoms with van der Waals surface area (Å²) in [6.45, 7) is 2.20. The predicted octanol–water partition coefficient (Wildman–Crippen LogP) is 3.27. The lowest BCUT2D eigenvalue weighted by Crippen LogP contribution is -2.00. The summed E-state index contributed by atoms with van der Waals surface area (Å²) in [4.78, 5) is 11.1. The Kier molecular flexibility index (Phi) is 4.52. The Morgan fingerprint density at radius 1 is 1.46 bits per heavy atom. The van der Waals surface area contributed by atoms with Gasteiger partial charge in [-0.05, 0) is 24.8 Å². The molecule has 0 N–H and O–H groups in total. The van der Waals surface area contributed by atoms with Crippen LogP contribution in [0.3, 0.4) is 0 Å². The first-order valence-corrected chi connectivity index (χ1v) is 5.19. The molecular weight excluding hydrogens is 160 g/mol. The third-order valence-corrected chi connectivity index (χ3v) is 2.41. The monoisotopic (exact) mass is 178 g/mol. The third kappa shape index (κ3) is 4.07. The van der Waals surface area contributed by atoms with Crippen molar-refractivity contribution in [2.45, 2.75) is 39.0 Å². The van der Waals surface area contributed by atoms with Crippen LogP contribution < -0.4 is 0 Å². The number of carbonyl (C=O) groups excluding carboxylic acids is 1. The van der Waals surface area contributed by atoms with Gasteiger partial charge in [-0.2, -0.15) is 0 Å². The summed E-state index contributed by atoms with van der Waals surface area (Å²) >= 11 is 0. The topological polar surface area (TPSA) is 17.1 Å². The molecule has 1 aliphatic rings. The third-order valence-electron chi connectivity index (χ3n) is 2.41. The summed E-state index contributed by atoms with van der Waals surface area (Å²) in [5, 5.41) is 0. The van der Waals surface area contributed by atoms with E-state index >= 15 is 0 Å². The molecule has 0 spiro atoms. The van der Waals surface area contributed by atoms with Crippen molar-refractivity contribution < 1.29 is 4.79 Å². The zero-order valence-corrected chi connectivity index (χ0v) is 8.33. The van der Waals surface area contributed by atoms with Crippen LogP contribution in [0.15, 0.2) is 24.3 Å². The fourth-order valence-corrected chi connectivity index (χ4v) is 1.54. The largest absolute Gasteiger partial charge is 0.295 e. The maximum absolute atomic E-state index is 11.1. The molecule has 0 amide bonds. The van der Waals surface area contributed by atoms with Crippen LogP contribution in [0.25, 0.3) is 0 Å². The van der Waals surface area contributed by atoms with Crippen molar-refractivity contribution >= 4 is 5.78 Å². The average Bonchev–Trinajstić information content (AvgIpc) is 2.11. The van der Waals surface area contributed by atoms with Crippen LogP contribution in [0.5, 0.6) is 0 Å². The Hall–Kier alpha value is -0.850. The second kappa shape index (κ2) is 5.74. The quantitative estimate of drug-likeness (QED) is 0.606. The van der Waals surface area contributed by atoms with Crippen molar-refractivity contribution in [2.75, 3.05) is 0 Å². The zero-order chi connectivity index (χ0) is 9.52. The molecule has 1 heteroatoms. The Morgan fingerprint density at radius 3 is 3.08 bits per heavy atom. The first kappa shape index (κ1) is 10.2. The Morgan fingerprint density at radius 2 is 2.31 bits per heavy atom. The Bertz CT molecular complexity index is 213. The Labute approximate surface area is 80.5 Å². The molecule has 1 aliphatic carbocycles. The molecular formula is C12H18O. The van der Waals surface area contributed by atoms with E-state index in [1.54, 1.807) is 6.08 Å². The summed E-state index contributed by atoms with van der Waals surface area (Å²) in [6.07, 6.45) is 13.4. The number of carbonyl (C=O) groups is 1. The number of rotatable bonds is 3. The minimum Gasteiger partial charge on any atom is -0.295 e. The molecule has 1 atom stereocenters. The highest BCUT2D eigenvalue weighted by Gasteiger charge is 2.05. The SMILES string of the molecule is CCCC[C@H]1C=CC(=O)CC=CC1. The minimum atomic E-state index is 0.234. The number of ketones is 1. The summed E-state index contributed by atoms with van der Waals surface area (Å²) in [7, 11) is 0. The van der Waals surface area contributed by atoms with Gasteiger partial charge in [-0.3, -0.25) is 4.79 Å². The van der Waals surface area contributed by atoms with Gasteiger partial charge >= 0.3 is 0 Å². The lowest BCUT2D eigenvalue weighted by molar-refractivity contribution is -0.113. The molecule has 0 saturated heterocycles. The lowest BCUT2D eigenvalue weighted by atomic mass is 9.95. The van der Waals surface area contributed by atoms with E-state index in [0.29, 0.717) is 12.3 Å². The van der Waals surface area contributed by atoms with Crippen molar-refractivity contribution in [3.63, 3.8) is 0 Å². The van der Waals surface area contributed by atoms with Crippen LogP contribution in [0.2, 0.25) is 0 Å². The fourth-order valence-electron chi connectivity index (χ4n) is 1.54.